The first kappa shape index (κ1) is 16.4. The molecular weight excluding hydrogens is 348 g/mol. The molecule has 0 saturated carbocycles. The number of Topliss-reactive ketones (excluding diaryl/α,β-unsaturated/α-hetero) is 1. The van der Waals surface area contributed by atoms with E-state index in [0.29, 0.717) is 22.6 Å². The SMILES string of the molecule is CC(=O)Oc1ccc2c(c1)C(=O)C(c1ccccn1)=C2c1scnc1C. The average molecular weight is 362 g/mol. The smallest absolute Gasteiger partial charge is 0.308 e. The number of allylic oxidation sites excluding steroid dienone is 1. The molecule has 0 fully saturated rings. The zero-order chi connectivity index (χ0) is 18.3. The minimum atomic E-state index is -0.424. The van der Waals surface area contributed by atoms with Crippen molar-refractivity contribution in [1.82, 2.24) is 9.97 Å². The van der Waals surface area contributed by atoms with Crippen LogP contribution < -0.4 is 4.74 Å². The van der Waals surface area contributed by atoms with Crippen molar-refractivity contribution >= 4 is 34.2 Å². The van der Waals surface area contributed by atoms with Gasteiger partial charge in [0.1, 0.15) is 5.75 Å². The second-order valence-corrected chi connectivity index (χ2v) is 6.72. The zero-order valence-corrected chi connectivity index (χ0v) is 15.0. The first-order valence-corrected chi connectivity index (χ1v) is 8.88. The van der Waals surface area contributed by atoms with Crippen molar-refractivity contribution in [2.75, 3.05) is 0 Å². The van der Waals surface area contributed by atoms with Crippen molar-refractivity contribution in [3.8, 4) is 5.75 Å². The number of rotatable bonds is 3. The number of benzene rings is 1. The van der Waals surface area contributed by atoms with E-state index in [0.717, 1.165) is 21.7 Å². The second-order valence-electron chi connectivity index (χ2n) is 5.86. The van der Waals surface area contributed by atoms with Crippen LogP contribution in [0.2, 0.25) is 0 Å². The maximum Gasteiger partial charge on any atom is 0.308 e. The molecule has 0 bridgehead atoms. The topological polar surface area (TPSA) is 69.2 Å². The molecule has 0 unspecified atom stereocenters. The Morgan fingerprint density at radius 3 is 2.58 bits per heavy atom. The van der Waals surface area contributed by atoms with Crippen LogP contribution in [0.4, 0.5) is 0 Å². The fourth-order valence-corrected chi connectivity index (χ4v) is 3.94. The number of carbonyl (C=O) groups excluding carboxylic acids is 2. The summed E-state index contributed by atoms with van der Waals surface area (Å²) in [5.41, 5.74) is 5.94. The van der Waals surface area contributed by atoms with E-state index in [1.165, 1.54) is 18.3 Å². The third kappa shape index (κ3) is 2.64. The summed E-state index contributed by atoms with van der Waals surface area (Å²) in [4.78, 5) is 34.1. The van der Waals surface area contributed by atoms with Crippen LogP contribution in [-0.4, -0.2) is 21.7 Å². The lowest BCUT2D eigenvalue weighted by Gasteiger charge is -2.07. The summed E-state index contributed by atoms with van der Waals surface area (Å²) in [7, 11) is 0. The van der Waals surface area contributed by atoms with E-state index in [9.17, 15) is 9.59 Å². The Morgan fingerprint density at radius 2 is 1.92 bits per heavy atom. The lowest BCUT2D eigenvalue weighted by molar-refractivity contribution is -0.131. The van der Waals surface area contributed by atoms with E-state index in [-0.39, 0.29) is 5.78 Å². The molecule has 1 aliphatic carbocycles. The van der Waals surface area contributed by atoms with Crippen molar-refractivity contribution in [2.24, 2.45) is 0 Å². The highest BCUT2D eigenvalue weighted by atomic mass is 32.1. The van der Waals surface area contributed by atoms with Gasteiger partial charge in [-0.2, -0.15) is 0 Å². The quantitative estimate of drug-likeness (QED) is 0.522. The molecule has 2 aromatic heterocycles. The van der Waals surface area contributed by atoms with Crippen LogP contribution in [0.15, 0.2) is 48.1 Å². The van der Waals surface area contributed by atoms with Gasteiger partial charge in [0.2, 0.25) is 0 Å². The van der Waals surface area contributed by atoms with Crippen LogP contribution in [0, 0.1) is 6.92 Å². The summed E-state index contributed by atoms with van der Waals surface area (Å²) in [5.74, 6) is -0.199. The molecule has 6 heteroatoms. The number of ether oxygens (including phenoxy) is 1. The Bertz CT molecular complexity index is 1070. The van der Waals surface area contributed by atoms with Gasteiger partial charge in [-0.3, -0.25) is 14.6 Å². The highest BCUT2D eigenvalue weighted by Gasteiger charge is 2.34. The number of hydrogen-bond donors (Lipinski definition) is 0. The standard InChI is InChI=1S/C20H14N2O3S/c1-11-20(26-10-22-11)17-14-7-6-13(25-12(2)23)9-15(14)19(24)18(17)16-5-3-4-8-21-16/h3-10H,1-2H3. The molecule has 1 aromatic carbocycles. The highest BCUT2D eigenvalue weighted by Crippen LogP contribution is 2.44. The van der Waals surface area contributed by atoms with E-state index in [1.54, 1.807) is 23.8 Å². The van der Waals surface area contributed by atoms with Gasteiger partial charge in [0.15, 0.2) is 5.78 Å². The predicted molar refractivity (Wildman–Crippen MR) is 99.1 cm³/mol. The van der Waals surface area contributed by atoms with E-state index in [4.69, 9.17) is 4.74 Å². The van der Waals surface area contributed by atoms with Crippen LogP contribution in [-0.2, 0) is 4.79 Å². The van der Waals surface area contributed by atoms with Crippen molar-refractivity contribution in [3.63, 3.8) is 0 Å². The number of aryl methyl sites for hydroxylation is 1. The molecule has 0 spiro atoms. The Kier molecular flexibility index (Phi) is 3.97. The van der Waals surface area contributed by atoms with Crippen molar-refractivity contribution in [3.05, 3.63) is 75.5 Å². The van der Waals surface area contributed by atoms with Gasteiger partial charge in [-0.1, -0.05) is 6.07 Å². The summed E-state index contributed by atoms with van der Waals surface area (Å²) in [5, 5.41) is 0. The molecule has 0 aliphatic heterocycles. The molecule has 5 nitrogen and oxygen atoms in total. The average Bonchev–Trinajstić information content (AvgIpc) is 3.16. The number of ketones is 1. The highest BCUT2D eigenvalue weighted by molar-refractivity contribution is 7.11. The normalized spacial score (nSPS) is 13.1. The van der Waals surface area contributed by atoms with Crippen LogP contribution in [0.1, 0.15) is 39.1 Å². The van der Waals surface area contributed by atoms with Gasteiger partial charge in [0.05, 0.1) is 27.3 Å². The Balaban J connectivity index is 1.96. The summed E-state index contributed by atoms with van der Waals surface area (Å²) in [6.45, 7) is 3.25. The predicted octanol–water partition coefficient (Wildman–Crippen LogP) is 3.93. The molecule has 3 aromatic rings. The zero-order valence-electron chi connectivity index (χ0n) is 14.1. The number of aromatic nitrogens is 2. The third-order valence-corrected chi connectivity index (χ3v) is 5.08. The first-order chi connectivity index (χ1) is 12.6. The lowest BCUT2D eigenvalue weighted by Crippen LogP contribution is -2.04. The molecule has 4 rings (SSSR count). The fourth-order valence-electron chi connectivity index (χ4n) is 3.07. The van der Waals surface area contributed by atoms with Crippen LogP contribution in [0.5, 0.6) is 5.75 Å². The molecule has 0 radical (unpaired) electrons. The summed E-state index contributed by atoms with van der Waals surface area (Å²) >= 11 is 1.49. The van der Waals surface area contributed by atoms with E-state index >= 15 is 0 Å². The van der Waals surface area contributed by atoms with Gasteiger partial charge < -0.3 is 4.74 Å². The van der Waals surface area contributed by atoms with Gasteiger partial charge >= 0.3 is 5.97 Å². The fraction of sp³-hybridized carbons (Fsp3) is 0.100. The van der Waals surface area contributed by atoms with E-state index < -0.39 is 5.97 Å². The van der Waals surface area contributed by atoms with E-state index in [2.05, 4.69) is 9.97 Å². The number of carbonyl (C=O) groups is 2. The van der Waals surface area contributed by atoms with Crippen LogP contribution in [0.25, 0.3) is 11.1 Å². The molecule has 0 atom stereocenters. The minimum Gasteiger partial charge on any atom is -0.427 e. The van der Waals surface area contributed by atoms with Gasteiger partial charge in [-0.15, -0.1) is 11.3 Å². The Morgan fingerprint density at radius 1 is 1.08 bits per heavy atom. The minimum absolute atomic E-state index is 0.129. The number of nitrogens with zero attached hydrogens (tertiary/aromatic N) is 2. The molecule has 0 saturated heterocycles. The third-order valence-electron chi connectivity index (χ3n) is 4.14. The maximum atomic E-state index is 13.2. The molecule has 2 heterocycles. The Hall–Kier alpha value is -3.12. The molecule has 0 N–H and O–H groups in total. The molecule has 0 amide bonds. The number of fused-ring (bicyclic) bond motifs is 1. The lowest BCUT2D eigenvalue weighted by atomic mass is 10.0. The van der Waals surface area contributed by atoms with Gasteiger partial charge in [-0.25, -0.2) is 4.98 Å². The van der Waals surface area contributed by atoms with Crippen LogP contribution in [0.3, 0.4) is 0 Å². The summed E-state index contributed by atoms with van der Waals surface area (Å²) in [6.07, 6.45) is 1.67. The number of thiazole rings is 1. The van der Waals surface area contributed by atoms with Gasteiger partial charge in [0, 0.05) is 24.3 Å². The monoisotopic (exact) mass is 362 g/mol. The number of hydrogen-bond acceptors (Lipinski definition) is 6. The van der Waals surface area contributed by atoms with Gasteiger partial charge in [-0.05, 0) is 42.8 Å². The maximum absolute atomic E-state index is 13.2. The number of pyridine rings is 1. The largest absolute Gasteiger partial charge is 0.427 e. The molecular formula is C20H14N2O3S. The Labute approximate surface area is 154 Å². The number of esters is 1. The van der Waals surface area contributed by atoms with E-state index in [1.807, 2.05) is 31.2 Å². The molecule has 26 heavy (non-hydrogen) atoms. The second kappa shape index (κ2) is 6.31. The molecule has 1 aliphatic rings. The first-order valence-electron chi connectivity index (χ1n) is 8.00. The van der Waals surface area contributed by atoms with Crippen molar-refractivity contribution in [1.29, 1.82) is 0 Å². The summed E-state index contributed by atoms with van der Waals surface area (Å²) < 4.78 is 5.14. The van der Waals surface area contributed by atoms with Gasteiger partial charge in [0.25, 0.3) is 0 Å². The molecule has 128 valence electrons. The van der Waals surface area contributed by atoms with Crippen molar-refractivity contribution in [2.45, 2.75) is 13.8 Å². The van der Waals surface area contributed by atoms with Crippen LogP contribution >= 0.6 is 11.3 Å². The van der Waals surface area contributed by atoms with Crippen molar-refractivity contribution < 1.29 is 14.3 Å². The summed E-state index contributed by atoms with van der Waals surface area (Å²) in [6, 6.07) is 10.6.